The maximum absolute atomic E-state index is 11.9. The van der Waals surface area contributed by atoms with Crippen LogP contribution in [0.4, 0.5) is 0 Å². The Morgan fingerprint density at radius 3 is 2.81 bits per heavy atom. The highest BCUT2D eigenvalue weighted by Gasteiger charge is 2.26. The van der Waals surface area contributed by atoms with Crippen molar-refractivity contribution in [3.8, 4) is 11.3 Å². The molecule has 0 bridgehead atoms. The smallest absolute Gasteiger partial charge is 0.219 e. The third-order valence-corrected chi connectivity index (χ3v) is 5.22. The van der Waals surface area contributed by atoms with Gasteiger partial charge in [0.25, 0.3) is 0 Å². The molecule has 0 saturated heterocycles. The number of benzene rings is 1. The van der Waals surface area contributed by atoms with Crippen molar-refractivity contribution in [3.05, 3.63) is 70.1 Å². The highest BCUT2D eigenvalue weighted by Crippen LogP contribution is 2.31. The standard InChI is InChI=1S/C21H21ClN4O/c1-14-4-3-5-17(10-14)21-18-13-25(15(2)27)9-8-19(18)26(24-21)12-16-6-7-20(22)23-11-16/h3-7,10-11H,8-9,12-13H2,1-2H3. The maximum Gasteiger partial charge on any atom is 0.219 e. The zero-order valence-corrected chi connectivity index (χ0v) is 16.2. The number of hydrogen-bond acceptors (Lipinski definition) is 3. The average molecular weight is 381 g/mol. The first-order valence-electron chi connectivity index (χ1n) is 9.03. The van der Waals surface area contributed by atoms with Crippen molar-refractivity contribution >= 4 is 17.5 Å². The molecule has 0 radical (unpaired) electrons. The van der Waals surface area contributed by atoms with Crippen LogP contribution in [0, 0.1) is 6.92 Å². The van der Waals surface area contributed by atoms with E-state index in [2.05, 4.69) is 34.8 Å². The maximum atomic E-state index is 11.9. The summed E-state index contributed by atoms with van der Waals surface area (Å²) in [6, 6.07) is 12.1. The quantitative estimate of drug-likeness (QED) is 0.648. The molecule has 1 aliphatic heterocycles. The number of halogens is 1. The van der Waals surface area contributed by atoms with Crippen molar-refractivity contribution in [2.45, 2.75) is 33.4 Å². The number of aromatic nitrogens is 3. The first-order valence-corrected chi connectivity index (χ1v) is 9.40. The summed E-state index contributed by atoms with van der Waals surface area (Å²) in [5.74, 6) is 0.102. The fourth-order valence-corrected chi connectivity index (χ4v) is 3.70. The minimum atomic E-state index is 0.102. The first-order chi connectivity index (χ1) is 13.0. The Morgan fingerprint density at radius 1 is 1.26 bits per heavy atom. The summed E-state index contributed by atoms with van der Waals surface area (Å²) in [6.07, 6.45) is 2.59. The molecule has 4 rings (SSSR count). The topological polar surface area (TPSA) is 51.0 Å². The van der Waals surface area contributed by atoms with Gasteiger partial charge in [0.1, 0.15) is 5.15 Å². The molecular weight excluding hydrogens is 360 g/mol. The van der Waals surface area contributed by atoms with Gasteiger partial charge >= 0.3 is 0 Å². The number of nitrogens with zero attached hydrogens (tertiary/aromatic N) is 4. The summed E-state index contributed by atoms with van der Waals surface area (Å²) in [4.78, 5) is 18.0. The summed E-state index contributed by atoms with van der Waals surface area (Å²) in [5, 5.41) is 5.42. The van der Waals surface area contributed by atoms with E-state index >= 15 is 0 Å². The molecule has 0 spiro atoms. The lowest BCUT2D eigenvalue weighted by Crippen LogP contribution is -2.34. The van der Waals surface area contributed by atoms with Gasteiger partial charge in [-0.05, 0) is 24.6 Å². The second-order valence-electron chi connectivity index (χ2n) is 6.98. The fourth-order valence-electron chi connectivity index (χ4n) is 3.59. The molecule has 2 aromatic heterocycles. The van der Waals surface area contributed by atoms with Gasteiger partial charge < -0.3 is 4.90 Å². The monoisotopic (exact) mass is 380 g/mol. The van der Waals surface area contributed by atoms with E-state index in [4.69, 9.17) is 16.7 Å². The lowest BCUT2D eigenvalue weighted by Gasteiger charge is -2.27. The number of carbonyl (C=O) groups excluding carboxylic acids is 1. The molecule has 27 heavy (non-hydrogen) atoms. The van der Waals surface area contributed by atoms with Gasteiger partial charge in [-0.1, -0.05) is 41.4 Å². The van der Waals surface area contributed by atoms with Crippen LogP contribution in [0.5, 0.6) is 0 Å². The van der Waals surface area contributed by atoms with E-state index in [-0.39, 0.29) is 5.91 Å². The lowest BCUT2D eigenvalue weighted by molar-refractivity contribution is -0.129. The number of carbonyl (C=O) groups is 1. The zero-order chi connectivity index (χ0) is 19.0. The number of hydrogen-bond donors (Lipinski definition) is 0. The Kier molecular flexibility index (Phi) is 4.70. The van der Waals surface area contributed by atoms with Crippen molar-refractivity contribution in [1.82, 2.24) is 19.7 Å². The number of amides is 1. The molecule has 0 fully saturated rings. The number of fused-ring (bicyclic) bond motifs is 1. The van der Waals surface area contributed by atoms with Crippen molar-refractivity contribution in [3.63, 3.8) is 0 Å². The minimum absolute atomic E-state index is 0.102. The van der Waals surface area contributed by atoms with Crippen molar-refractivity contribution in [2.75, 3.05) is 6.54 Å². The molecule has 1 aromatic carbocycles. The SMILES string of the molecule is CC(=O)N1CCc2c(c(-c3cccc(C)c3)nn2Cc2ccc(Cl)nc2)C1. The van der Waals surface area contributed by atoms with E-state index < -0.39 is 0 Å². The summed E-state index contributed by atoms with van der Waals surface area (Å²) in [5.41, 5.74) is 6.63. The van der Waals surface area contributed by atoms with Gasteiger partial charge in [-0.2, -0.15) is 5.10 Å². The summed E-state index contributed by atoms with van der Waals surface area (Å²) >= 11 is 5.90. The largest absolute Gasteiger partial charge is 0.338 e. The van der Waals surface area contributed by atoms with Gasteiger partial charge in [-0.25, -0.2) is 4.98 Å². The van der Waals surface area contributed by atoms with Crippen LogP contribution in [0.1, 0.15) is 29.3 Å². The Balaban J connectivity index is 1.77. The molecule has 0 N–H and O–H groups in total. The van der Waals surface area contributed by atoms with Gasteiger partial charge in [0.2, 0.25) is 5.91 Å². The van der Waals surface area contributed by atoms with Crippen LogP contribution in [-0.4, -0.2) is 32.1 Å². The Bertz CT molecular complexity index is 994. The van der Waals surface area contributed by atoms with Gasteiger partial charge in [0.05, 0.1) is 12.2 Å². The summed E-state index contributed by atoms with van der Waals surface area (Å²) in [7, 11) is 0. The summed E-state index contributed by atoms with van der Waals surface area (Å²) < 4.78 is 2.05. The molecule has 5 nitrogen and oxygen atoms in total. The highest BCUT2D eigenvalue weighted by atomic mass is 35.5. The third kappa shape index (κ3) is 3.60. The molecule has 3 aromatic rings. The minimum Gasteiger partial charge on any atom is -0.338 e. The fraction of sp³-hybridized carbons (Fsp3) is 0.286. The van der Waals surface area contributed by atoms with Gasteiger partial charge in [0, 0.05) is 49.5 Å². The molecule has 0 unspecified atom stereocenters. The predicted molar refractivity (Wildman–Crippen MR) is 106 cm³/mol. The normalized spacial score (nSPS) is 13.5. The molecule has 0 atom stereocenters. The van der Waals surface area contributed by atoms with E-state index in [1.54, 1.807) is 19.2 Å². The van der Waals surface area contributed by atoms with Gasteiger partial charge in [0.15, 0.2) is 0 Å². The molecule has 138 valence electrons. The number of rotatable bonds is 3. The van der Waals surface area contributed by atoms with Crippen molar-refractivity contribution in [1.29, 1.82) is 0 Å². The molecular formula is C21H21ClN4O. The van der Waals surface area contributed by atoms with Crippen LogP contribution in [0.25, 0.3) is 11.3 Å². The summed E-state index contributed by atoms with van der Waals surface area (Å²) in [6.45, 7) is 5.67. The van der Waals surface area contributed by atoms with E-state index in [0.29, 0.717) is 18.2 Å². The molecule has 0 aliphatic carbocycles. The first kappa shape index (κ1) is 17.7. The third-order valence-electron chi connectivity index (χ3n) is 4.99. The van der Waals surface area contributed by atoms with E-state index in [9.17, 15) is 4.79 Å². The van der Waals surface area contributed by atoms with E-state index in [0.717, 1.165) is 35.3 Å². The molecule has 1 aliphatic rings. The van der Waals surface area contributed by atoms with Crippen molar-refractivity contribution < 1.29 is 4.79 Å². The van der Waals surface area contributed by atoms with Crippen LogP contribution in [0.2, 0.25) is 5.15 Å². The Hall–Kier alpha value is -2.66. The van der Waals surface area contributed by atoms with Crippen LogP contribution >= 0.6 is 11.6 Å². The Morgan fingerprint density at radius 2 is 2.11 bits per heavy atom. The molecule has 0 saturated carbocycles. The average Bonchev–Trinajstić information content (AvgIpc) is 3.01. The van der Waals surface area contributed by atoms with Crippen LogP contribution in [0.15, 0.2) is 42.6 Å². The molecule has 1 amide bonds. The van der Waals surface area contributed by atoms with Crippen LogP contribution in [-0.2, 0) is 24.3 Å². The zero-order valence-electron chi connectivity index (χ0n) is 15.4. The lowest BCUT2D eigenvalue weighted by atomic mass is 10.00. The van der Waals surface area contributed by atoms with Gasteiger partial charge in [-0.3, -0.25) is 9.48 Å². The predicted octanol–water partition coefficient (Wildman–Crippen LogP) is 3.86. The van der Waals surface area contributed by atoms with Gasteiger partial charge in [-0.15, -0.1) is 0 Å². The second kappa shape index (κ2) is 7.16. The Labute approximate surface area is 163 Å². The van der Waals surface area contributed by atoms with Crippen LogP contribution in [0.3, 0.4) is 0 Å². The van der Waals surface area contributed by atoms with Crippen molar-refractivity contribution in [2.24, 2.45) is 0 Å². The molecule has 6 heteroatoms. The second-order valence-corrected chi connectivity index (χ2v) is 7.37. The van der Waals surface area contributed by atoms with E-state index in [1.807, 2.05) is 17.0 Å². The van der Waals surface area contributed by atoms with Crippen LogP contribution < -0.4 is 0 Å². The van der Waals surface area contributed by atoms with E-state index in [1.165, 1.54) is 11.3 Å². The number of aryl methyl sites for hydroxylation is 1. The number of pyridine rings is 1. The molecule has 3 heterocycles. The highest BCUT2D eigenvalue weighted by molar-refractivity contribution is 6.29.